The van der Waals surface area contributed by atoms with Crippen LogP contribution < -0.4 is 15.4 Å². The molecule has 1 aliphatic carbocycles. The summed E-state index contributed by atoms with van der Waals surface area (Å²) in [6.07, 6.45) is 5.79. The number of aryl methyl sites for hydroxylation is 1. The van der Waals surface area contributed by atoms with Gasteiger partial charge in [0.1, 0.15) is 5.75 Å². The van der Waals surface area contributed by atoms with Gasteiger partial charge in [-0.05, 0) is 43.5 Å². The summed E-state index contributed by atoms with van der Waals surface area (Å²) in [6.45, 7) is 4.26. The highest BCUT2D eigenvalue weighted by atomic mass is 16.5. The molecule has 4 heterocycles. The van der Waals surface area contributed by atoms with E-state index in [9.17, 15) is 4.79 Å². The van der Waals surface area contributed by atoms with Crippen molar-refractivity contribution in [1.29, 1.82) is 0 Å². The number of rotatable bonds is 7. The molecule has 8 heteroatoms. The summed E-state index contributed by atoms with van der Waals surface area (Å²) < 4.78 is 13.5. The Morgan fingerprint density at radius 2 is 2.16 bits per heavy atom. The maximum atomic E-state index is 12.1. The van der Waals surface area contributed by atoms with E-state index in [1.807, 2.05) is 31.3 Å². The molecular formula is C23H27N5O3. The van der Waals surface area contributed by atoms with E-state index in [-0.39, 0.29) is 17.9 Å². The zero-order chi connectivity index (χ0) is 21.4. The van der Waals surface area contributed by atoms with Gasteiger partial charge in [0.15, 0.2) is 5.82 Å². The summed E-state index contributed by atoms with van der Waals surface area (Å²) >= 11 is 0. The minimum Gasteiger partial charge on any atom is -0.491 e. The predicted molar refractivity (Wildman–Crippen MR) is 117 cm³/mol. The third-order valence-electron chi connectivity index (χ3n) is 6.01. The van der Waals surface area contributed by atoms with E-state index in [0.29, 0.717) is 18.3 Å². The number of hydrogen-bond acceptors (Lipinski definition) is 6. The largest absolute Gasteiger partial charge is 0.491 e. The summed E-state index contributed by atoms with van der Waals surface area (Å²) in [5, 5.41) is 10.7. The van der Waals surface area contributed by atoms with Crippen LogP contribution in [-0.4, -0.2) is 53.4 Å². The van der Waals surface area contributed by atoms with E-state index < -0.39 is 0 Å². The van der Waals surface area contributed by atoms with Crippen LogP contribution in [-0.2, 0) is 9.53 Å². The Morgan fingerprint density at radius 1 is 1.29 bits per heavy atom. The van der Waals surface area contributed by atoms with Crippen LogP contribution >= 0.6 is 0 Å². The van der Waals surface area contributed by atoms with Crippen molar-refractivity contribution in [3.63, 3.8) is 0 Å². The lowest BCUT2D eigenvalue weighted by atomic mass is 10.1. The highest BCUT2D eigenvalue weighted by molar-refractivity contribution is 5.93. The van der Waals surface area contributed by atoms with Crippen molar-refractivity contribution in [2.45, 2.75) is 25.9 Å². The fourth-order valence-corrected chi connectivity index (χ4v) is 4.03. The van der Waals surface area contributed by atoms with Gasteiger partial charge in [-0.25, -0.2) is 4.52 Å². The van der Waals surface area contributed by atoms with E-state index in [1.165, 1.54) is 0 Å². The third-order valence-corrected chi connectivity index (χ3v) is 6.01. The molecule has 8 nitrogen and oxygen atoms in total. The van der Waals surface area contributed by atoms with Gasteiger partial charge >= 0.3 is 0 Å². The van der Waals surface area contributed by atoms with Crippen molar-refractivity contribution < 1.29 is 14.3 Å². The normalized spacial score (nSPS) is 20.8. The highest BCUT2D eigenvalue weighted by Gasteiger charge is 2.30. The molecule has 1 saturated carbocycles. The molecule has 2 N–H and O–H groups in total. The van der Waals surface area contributed by atoms with Gasteiger partial charge in [0, 0.05) is 55.6 Å². The highest BCUT2D eigenvalue weighted by Crippen LogP contribution is 2.33. The molecule has 0 bridgehead atoms. The zero-order valence-corrected chi connectivity index (χ0v) is 17.8. The Kier molecular flexibility index (Phi) is 5.33. The Hall–Kier alpha value is -2.97. The molecule has 1 saturated heterocycles. The second-order valence-electron chi connectivity index (χ2n) is 8.40. The number of amides is 1. The lowest BCUT2D eigenvalue weighted by Crippen LogP contribution is -2.26. The number of fused-ring (bicyclic) bond motifs is 1. The number of carbonyl (C=O) groups is 1. The van der Waals surface area contributed by atoms with Crippen LogP contribution in [0.4, 0.5) is 5.82 Å². The van der Waals surface area contributed by atoms with Crippen molar-refractivity contribution in [3.8, 4) is 16.9 Å². The van der Waals surface area contributed by atoms with Gasteiger partial charge in [0.05, 0.1) is 24.4 Å². The van der Waals surface area contributed by atoms with Crippen molar-refractivity contribution in [1.82, 2.24) is 19.9 Å². The first kappa shape index (κ1) is 20.0. The lowest BCUT2D eigenvalue weighted by Gasteiger charge is -2.19. The van der Waals surface area contributed by atoms with Crippen molar-refractivity contribution in [2.75, 3.05) is 32.1 Å². The Balaban J connectivity index is 1.39. The van der Waals surface area contributed by atoms with Gasteiger partial charge in [-0.3, -0.25) is 9.78 Å². The average Bonchev–Trinajstić information content (AvgIpc) is 3.40. The topological polar surface area (TPSA) is 89.8 Å². The number of hydrogen-bond donors (Lipinski definition) is 2. The number of methoxy groups -OCH3 is 1. The summed E-state index contributed by atoms with van der Waals surface area (Å²) in [5.74, 6) is 1.83. The molecule has 1 aliphatic heterocycles. The van der Waals surface area contributed by atoms with Crippen LogP contribution in [0.2, 0.25) is 0 Å². The molecule has 1 amide bonds. The minimum absolute atomic E-state index is 0.0554. The van der Waals surface area contributed by atoms with Gasteiger partial charge in [-0.2, -0.15) is 5.10 Å². The molecule has 2 fully saturated rings. The summed E-state index contributed by atoms with van der Waals surface area (Å²) in [5.41, 5.74) is 3.83. The molecule has 0 spiro atoms. The second kappa shape index (κ2) is 8.28. The van der Waals surface area contributed by atoms with Crippen LogP contribution in [0, 0.1) is 18.8 Å². The van der Waals surface area contributed by atoms with E-state index in [2.05, 4.69) is 26.8 Å². The summed E-state index contributed by atoms with van der Waals surface area (Å²) in [6, 6.07) is 7.99. The van der Waals surface area contributed by atoms with Crippen LogP contribution in [0.15, 0.2) is 36.7 Å². The van der Waals surface area contributed by atoms with Crippen LogP contribution in [0.1, 0.15) is 18.5 Å². The number of ether oxygens (including phenoxy) is 2. The maximum absolute atomic E-state index is 12.1. The van der Waals surface area contributed by atoms with Crippen molar-refractivity contribution in [2.24, 2.45) is 11.8 Å². The molecule has 2 aliphatic rings. The second-order valence-corrected chi connectivity index (χ2v) is 8.40. The number of nitrogens with zero attached hydrogens (tertiary/aromatic N) is 3. The van der Waals surface area contributed by atoms with Gasteiger partial charge in [-0.1, -0.05) is 0 Å². The van der Waals surface area contributed by atoms with E-state index in [4.69, 9.17) is 9.47 Å². The molecule has 2 atom stereocenters. The molecule has 31 heavy (non-hydrogen) atoms. The third kappa shape index (κ3) is 4.26. The summed E-state index contributed by atoms with van der Waals surface area (Å²) in [4.78, 5) is 16.5. The molecule has 1 unspecified atom stereocenters. The van der Waals surface area contributed by atoms with Crippen molar-refractivity contribution >= 4 is 17.2 Å². The molecule has 3 aromatic heterocycles. The SMILES string of the molecule is COC1CNC[C@@H]1COc1cnc(C)cc1-c1ccn2nc(NC(=O)C3CC3)cc2c1. The number of anilines is 1. The Labute approximate surface area is 181 Å². The quantitative estimate of drug-likeness (QED) is 0.610. The molecule has 5 rings (SSSR count). The molecule has 0 radical (unpaired) electrons. The fourth-order valence-electron chi connectivity index (χ4n) is 4.03. The number of carbonyl (C=O) groups excluding carboxylic acids is 1. The number of pyridine rings is 2. The molecule has 162 valence electrons. The van der Waals surface area contributed by atoms with Crippen LogP contribution in [0.25, 0.3) is 16.6 Å². The Bertz CT molecular complexity index is 1110. The van der Waals surface area contributed by atoms with E-state index >= 15 is 0 Å². The first-order valence-electron chi connectivity index (χ1n) is 10.7. The van der Waals surface area contributed by atoms with E-state index in [1.54, 1.807) is 17.8 Å². The van der Waals surface area contributed by atoms with Crippen molar-refractivity contribution in [3.05, 3.63) is 42.4 Å². The van der Waals surface area contributed by atoms with Gasteiger partial charge in [0.25, 0.3) is 0 Å². The standard InChI is InChI=1S/C23H27N5O3/c1-14-7-19(21(12-25-14)31-13-17-10-24-11-20(17)30-2)16-5-6-28-18(8-16)9-22(27-28)26-23(29)15-3-4-15/h5-9,12,15,17,20,24H,3-4,10-11,13H2,1-2H3,(H,26,27,29)/t17-,20?/m1/s1. The first-order valence-corrected chi connectivity index (χ1v) is 10.7. The van der Waals surface area contributed by atoms with Gasteiger partial charge in [0.2, 0.25) is 5.91 Å². The zero-order valence-electron chi connectivity index (χ0n) is 17.8. The number of nitrogens with one attached hydrogen (secondary N) is 2. The number of aromatic nitrogens is 3. The molecule has 0 aromatic carbocycles. The smallest absolute Gasteiger partial charge is 0.228 e. The van der Waals surface area contributed by atoms with Gasteiger partial charge in [-0.15, -0.1) is 0 Å². The minimum atomic E-state index is 0.0554. The van der Waals surface area contributed by atoms with Crippen LogP contribution in [0.3, 0.4) is 0 Å². The Morgan fingerprint density at radius 3 is 2.97 bits per heavy atom. The summed E-state index contributed by atoms with van der Waals surface area (Å²) in [7, 11) is 1.74. The van der Waals surface area contributed by atoms with Gasteiger partial charge < -0.3 is 20.1 Å². The fraction of sp³-hybridized carbons (Fsp3) is 0.435. The molecular weight excluding hydrogens is 394 g/mol. The average molecular weight is 422 g/mol. The predicted octanol–water partition coefficient (Wildman–Crippen LogP) is 2.67. The molecule has 3 aromatic rings. The van der Waals surface area contributed by atoms with Crippen LogP contribution in [0.5, 0.6) is 5.75 Å². The van der Waals surface area contributed by atoms with E-state index in [0.717, 1.165) is 54.0 Å². The monoisotopic (exact) mass is 421 g/mol. The maximum Gasteiger partial charge on any atom is 0.228 e. The first-order chi connectivity index (χ1) is 15.1. The lowest BCUT2D eigenvalue weighted by molar-refractivity contribution is -0.117.